The molecule has 210 valence electrons. The van der Waals surface area contributed by atoms with Crippen molar-refractivity contribution in [2.75, 3.05) is 4.90 Å². The predicted molar refractivity (Wildman–Crippen MR) is 173 cm³/mol. The van der Waals surface area contributed by atoms with Crippen molar-refractivity contribution in [3.8, 4) is 22.9 Å². The smallest absolute Gasteiger partial charge is 0.227 e. The summed E-state index contributed by atoms with van der Waals surface area (Å²) >= 11 is 0. The van der Waals surface area contributed by atoms with Crippen LogP contribution in [0.25, 0.3) is 45.1 Å². The summed E-state index contributed by atoms with van der Waals surface area (Å²) < 4.78 is 12.4. The first-order valence-electron chi connectivity index (χ1n) is 15.1. The number of anilines is 3. The van der Waals surface area contributed by atoms with Gasteiger partial charge in [-0.15, -0.1) is 0 Å². The van der Waals surface area contributed by atoms with Gasteiger partial charge in [-0.25, -0.2) is 9.97 Å². The lowest BCUT2D eigenvalue weighted by Gasteiger charge is -2.27. The van der Waals surface area contributed by atoms with Crippen LogP contribution >= 0.6 is 0 Å². The third-order valence-electron chi connectivity index (χ3n) is 8.53. The molecule has 5 aromatic carbocycles. The van der Waals surface area contributed by atoms with Gasteiger partial charge in [-0.3, -0.25) is 0 Å². The minimum Gasteiger partial charge on any atom is -0.436 e. The summed E-state index contributed by atoms with van der Waals surface area (Å²) in [7, 11) is 0. The Morgan fingerprint density at radius 1 is 0.512 bits per heavy atom. The summed E-state index contributed by atoms with van der Waals surface area (Å²) in [5.41, 5.74) is 9.55. The van der Waals surface area contributed by atoms with Crippen LogP contribution in [0.5, 0.6) is 0 Å². The Morgan fingerprint density at radius 2 is 1.09 bits per heavy atom. The molecule has 1 aliphatic carbocycles. The molecule has 0 amide bonds. The molecule has 7 aromatic rings. The fraction of sp³-hybridized carbons (Fsp3) is 0.158. The second-order valence-corrected chi connectivity index (χ2v) is 11.3. The normalized spacial score (nSPS) is 14.0. The molecule has 5 heteroatoms. The van der Waals surface area contributed by atoms with Crippen LogP contribution in [0.4, 0.5) is 17.1 Å². The summed E-state index contributed by atoms with van der Waals surface area (Å²) in [6.07, 6.45) is 6.56. The van der Waals surface area contributed by atoms with E-state index < -0.39 is 0 Å². The quantitative estimate of drug-likeness (QED) is 0.202. The van der Waals surface area contributed by atoms with E-state index in [1.165, 1.54) is 37.7 Å². The van der Waals surface area contributed by atoms with Crippen LogP contribution < -0.4 is 4.90 Å². The first-order valence-corrected chi connectivity index (χ1v) is 15.1. The first kappa shape index (κ1) is 25.5. The summed E-state index contributed by atoms with van der Waals surface area (Å²) in [6, 6.07) is 41.6. The molecule has 43 heavy (non-hydrogen) atoms. The third-order valence-corrected chi connectivity index (χ3v) is 8.53. The summed E-state index contributed by atoms with van der Waals surface area (Å²) in [4.78, 5) is 11.9. The highest BCUT2D eigenvalue weighted by Gasteiger charge is 2.20. The van der Waals surface area contributed by atoms with Crippen molar-refractivity contribution in [2.45, 2.75) is 38.0 Å². The van der Waals surface area contributed by atoms with Crippen molar-refractivity contribution in [3.63, 3.8) is 0 Å². The van der Waals surface area contributed by atoms with E-state index in [0.29, 0.717) is 17.7 Å². The van der Waals surface area contributed by atoms with Crippen LogP contribution in [0.15, 0.2) is 130 Å². The molecule has 1 saturated carbocycles. The van der Waals surface area contributed by atoms with E-state index in [2.05, 4.69) is 53.4 Å². The lowest BCUT2D eigenvalue weighted by Crippen LogP contribution is -2.10. The third kappa shape index (κ3) is 4.97. The van der Waals surface area contributed by atoms with Crippen LogP contribution in [0, 0.1) is 0 Å². The van der Waals surface area contributed by atoms with E-state index in [-0.39, 0.29) is 0 Å². The zero-order valence-corrected chi connectivity index (χ0v) is 23.8. The maximum Gasteiger partial charge on any atom is 0.227 e. The average molecular weight is 562 g/mol. The lowest BCUT2D eigenvalue weighted by molar-refractivity contribution is 0.443. The van der Waals surface area contributed by atoms with Gasteiger partial charge in [-0.2, -0.15) is 0 Å². The Morgan fingerprint density at radius 3 is 1.79 bits per heavy atom. The molecule has 2 aromatic heterocycles. The maximum absolute atomic E-state index is 6.27. The van der Waals surface area contributed by atoms with Crippen molar-refractivity contribution >= 4 is 39.3 Å². The van der Waals surface area contributed by atoms with Gasteiger partial charge in [0.05, 0.1) is 0 Å². The van der Waals surface area contributed by atoms with E-state index in [1.807, 2.05) is 72.8 Å². The van der Waals surface area contributed by atoms with E-state index in [0.717, 1.165) is 50.4 Å². The number of fused-ring (bicyclic) bond motifs is 2. The van der Waals surface area contributed by atoms with E-state index in [1.54, 1.807) is 0 Å². The first-order chi connectivity index (χ1) is 21.3. The molecule has 0 unspecified atom stereocenters. The van der Waals surface area contributed by atoms with Crippen molar-refractivity contribution in [2.24, 2.45) is 0 Å². The minimum atomic E-state index is 0.618. The highest BCUT2D eigenvalue weighted by atomic mass is 16.4. The highest BCUT2D eigenvalue weighted by Crippen LogP contribution is 2.40. The number of hydrogen-bond acceptors (Lipinski definition) is 5. The molecular weight excluding hydrogens is 530 g/mol. The van der Waals surface area contributed by atoms with Gasteiger partial charge in [-0.1, -0.05) is 67.8 Å². The largest absolute Gasteiger partial charge is 0.436 e. The van der Waals surface area contributed by atoms with Gasteiger partial charge in [0.25, 0.3) is 0 Å². The lowest BCUT2D eigenvalue weighted by atomic mass is 9.84. The molecular formula is C38H31N3O2. The molecule has 0 spiro atoms. The standard InChI is InChI=1S/C38H31N3O2/c1-4-10-26(11-5-1)27-16-18-30(19-17-27)41(31-21-23-35-34(24-31)40-38(42-35)29-14-8-3-9-15-29)32-20-22-33-36(25-32)43-37(39-33)28-12-6-2-7-13-28/h2-3,6-9,12-26H,1,4-5,10-11H2. The molecule has 0 aliphatic heterocycles. The van der Waals surface area contributed by atoms with Gasteiger partial charge in [-0.05, 0) is 91.1 Å². The fourth-order valence-electron chi connectivity index (χ4n) is 6.29. The van der Waals surface area contributed by atoms with Gasteiger partial charge < -0.3 is 13.7 Å². The van der Waals surface area contributed by atoms with Gasteiger partial charge in [0.15, 0.2) is 11.2 Å². The fourth-order valence-corrected chi connectivity index (χ4v) is 6.29. The second-order valence-electron chi connectivity index (χ2n) is 11.3. The molecule has 0 atom stereocenters. The Kier molecular flexibility index (Phi) is 6.48. The Labute approximate surface area is 250 Å². The SMILES string of the molecule is c1ccc(-c2nc3cc(N(c4ccc(C5CCCCC5)cc4)c4ccc5nc(-c6ccccc6)oc5c4)ccc3o2)cc1. The van der Waals surface area contributed by atoms with Gasteiger partial charge in [0.1, 0.15) is 11.0 Å². The van der Waals surface area contributed by atoms with Crippen molar-refractivity contribution in [3.05, 3.63) is 127 Å². The summed E-state index contributed by atoms with van der Waals surface area (Å²) in [5, 5.41) is 0. The molecule has 1 fully saturated rings. The number of nitrogens with zero attached hydrogens (tertiary/aromatic N) is 3. The van der Waals surface area contributed by atoms with Crippen LogP contribution in [0.3, 0.4) is 0 Å². The Hall–Kier alpha value is -5.16. The van der Waals surface area contributed by atoms with Gasteiger partial charge in [0.2, 0.25) is 11.8 Å². The zero-order valence-electron chi connectivity index (χ0n) is 23.8. The number of oxazole rings is 2. The van der Waals surface area contributed by atoms with Crippen LogP contribution in [0.1, 0.15) is 43.6 Å². The van der Waals surface area contributed by atoms with E-state index in [9.17, 15) is 0 Å². The van der Waals surface area contributed by atoms with Crippen molar-refractivity contribution in [1.82, 2.24) is 9.97 Å². The predicted octanol–water partition coefficient (Wildman–Crippen LogP) is 10.8. The number of aromatic nitrogens is 2. The Balaban J connectivity index is 1.22. The molecule has 5 nitrogen and oxygen atoms in total. The molecule has 2 heterocycles. The monoisotopic (exact) mass is 561 g/mol. The van der Waals surface area contributed by atoms with Gasteiger partial charge >= 0.3 is 0 Å². The Bertz CT molecular complexity index is 1890. The van der Waals surface area contributed by atoms with Crippen LogP contribution in [-0.4, -0.2) is 9.97 Å². The van der Waals surface area contributed by atoms with E-state index >= 15 is 0 Å². The summed E-state index contributed by atoms with van der Waals surface area (Å²) in [5.74, 6) is 1.89. The molecule has 0 radical (unpaired) electrons. The number of benzene rings is 5. The second kappa shape index (κ2) is 10.9. The molecule has 8 rings (SSSR count). The minimum absolute atomic E-state index is 0.618. The van der Waals surface area contributed by atoms with Crippen LogP contribution in [-0.2, 0) is 0 Å². The van der Waals surface area contributed by atoms with Crippen molar-refractivity contribution < 1.29 is 8.83 Å². The summed E-state index contributed by atoms with van der Waals surface area (Å²) in [6.45, 7) is 0. The highest BCUT2D eigenvalue weighted by molar-refractivity contribution is 5.88. The molecule has 0 bridgehead atoms. The van der Waals surface area contributed by atoms with Gasteiger partial charge in [0, 0.05) is 34.3 Å². The maximum atomic E-state index is 6.27. The topological polar surface area (TPSA) is 55.3 Å². The molecule has 1 aliphatic rings. The van der Waals surface area contributed by atoms with E-state index in [4.69, 9.17) is 18.8 Å². The average Bonchev–Trinajstić information content (AvgIpc) is 3.71. The zero-order chi connectivity index (χ0) is 28.6. The number of hydrogen-bond donors (Lipinski definition) is 0. The molecule has 0 N–H and O–H groups in total. The molecule has 0 saturated heterocycles. The number of rotatable bonds is 6. The van der Waals surface area contributed by atoms with Crippen molar-refractivity contribution in [1.29, 1.82) is 0 Å². The van der Waals surface area contributed by atoms with Crippen LogP contribution in [0.2, 0.25) is 0 Å².